The molecule has 2 atom stereocenters. The van der Waals surface area contributed by atoms with Gasteiger partial charge in [-0.2, -0.15) is 0 Å². The molecule has 0 fully saturated rings. The van der Waals surface area contributed by atoms with E-state index in [2.05, 4.69) is 15.9 Å². The number of aliphatic carboxylic acids is 1. The Morgan fingerprint density at radius 2 is 2.33 bits per heavy atom. The standard InChI is InChI=1S/C9H11BrO2/c1-6-5-7(10)3-4-9(6,2)8(11)12/h3-6H,1-2H3,(H,11,12). The molecule has 1 aliphatic rings. The monoisotopic (exact) mass is 230 g/mol. The summed E-state index contributed by atoms with van der Waals surface area (Å²) in [5.41, 5.74) is -0.753. The highest BCUT2D eigenvalue weighted by atomic mass is 79.9. The van der Waals surface area contributed by atoms with Gasteiger partial charge in [-0.1, -0.05) is 41.1 Å². The highest BCUT2D eigenvalue weighted by Gasteiger charge is 2.36. The van der Waals surface area contributed by atoms with Crippen molar-refractivity contribution in [2.24, 2.45) is 11.3 Å². The first kappa shape index (κ1) is 9.52. The molecule has 3 heteroatoms. The van der Waals surface area contributed by atoms with Crippen LogP contribution in [0.25, 0.3) is 0 Å². The Balaban J connectivity index is 2.99. The Morgan fingerprint density at radius 1 is 1.75 bits per heavy atom. The summed E-state index contributed by atoms with van der Waals surface area (Å²) >= 11 is 3.31. The lowest BCUT2D eigenvalue weighted by atomic mass is 9.75. The van der Waals surface area contributed by atoms with Gasteiger partial charge in [0.25, 0.3) is 0 Å². The lowest BCUT2D eigenvalue weighted by molar-refractivity contribution is -0.146. The van der Waals surface area contributed by atoms with Crippen LogP contribution < -0.4 is 0 Å². The minimum absolute atomic E-state index is 0.0226. The van der Waals surface area contributed by atoms with E-state index < -0.39 is 11.4 Å². The van der Waals surface area contributed by atoms with E-state index in [-0.39, 0.29) is 5.92 Å². The molecule has 66 valence electrons. The van der Waals surface area contributed by atoms with Gasteiger partial charge in [0.05, 0.1) is 5.41 Å². The van der Waals surface area contributed by atoms with Gasteiger partial charge in [0.1, 0.15) is 0 Å². The lowest BCUT2D eigenvalue weighted by Crippen LogP contribution is -2.32. The van der Waals surface area contributed by atoms with Gasteiger partial charge in [-0.05, 0) is 12.8 Å². The topological polar surface area (TPSA) is 37.3 Å². The molecular weight excluding hydrogens is 220 g/mol. The van der Waals surface area contributed by atoms with Crippen molar-refractivity contribution >= 4 is 21.9 Å². The Labute approximate surface area is 80.1 Å². The van der Waals surface area contributed by atoms with Gasteiger partial charge in [0, 0.05) is 4.48 Å². The highest BCUT2D eigenvalue weighted by Crippen LogP contribution is 2.36. The van der Waals surface area contributed by atoms with Crippen LogP contribution in [-0.2, 0) is 4.79 Å². The van der Waals surface area contributed by atoms with Crippen LogP contribution >= 0.6 is 15.9 Å². The lowest BCUT2D eigenvalue weighted by Gasteiger charge is -2.28. The van der Waals surface area contributed by atoms with Crippen LogP contribution in [0.1, 0.15) is 13.8 Å². The predicted molar refractivity (Wildman–Crippen MR) is 51.1 cm³/mol. The zero-order valence-corrected chi connectivity index (χ0v) is 8.63. The first-order valence-electron chi connectivity index (χ1n) is 3.77. The summed E-state index contributed by atoms with van der Waals surface area (Å²) in [6.45, 7) is 3.63. The molecule has 0 amide bonds. The van der Waals surface area contributed by atoms with Gasteiger partial charge in [-0.25, -0.2) is 0 Å². The molecule has 0 heterocycles. The quantitative estimate of drug-likeness (QED) is 0.752. The molecule has 0 bridgehead atoms. The van der Waals surface area contributed by atoms with Crippen LogP contribution in [0.5, 0.6) is 0 Å². The molecule has 0 aliphatic heterocycles. The second-order valence-corrected chi connectivity index (χ2v) is 4.18. The van der Waals surface area contributed by atoms with Gasteiger partial charge in [0.2, 0.25) is 0 Å². The largest absolute Gasteiger partial charge is 0.481 e. The van der Waals surface area contributed by atoms with Crippen molar-refractivity contribution in [2.75, 3.05) is 0 Å². The van der Waals surface area contributed by atoms with Crippen LogP contribution in [0.3, 0.4) is 0 Å². The maximum atomic E-state index is 10.9. The summed E-state index contributed by atoms with van der Waals surface area (Å²) in [4.78, 5) is 10.9. The predicted octanol–water partition coefficient (Wildman–Crippen LogP) is 2.56. The Kier molecular flexibility index (Phi) is 2.42. The molecule has 0 saturated heterocycles. The highest BCUT2D eigenvalue weighted by molar-refractivity contribution is 9.11. The molecule has 0 aromatic heterocycles. The van der Waals surface area contributed by atoms with E-state index >= 15 is 0 Å². The SMILES string of the molecule is CC1C=C(Br)C=CC1(C)C(=O)O. The summed E-state index contributed by atoms with van der Waals surface area (Å²) < 4.78 is 0.953. The number of carbonyl (C=O) groups is 1. The normalized spacial score (nSPS) is 34.6. The summed E-state index contributed by atoms with van der Waals surface area (Å²) in [5, 5.41) is 8.96. The van der Waals surface area contributed by atoms with E-state index in [1.807, 2.05) is 13.0 Å². The number of carboxylic acids is 1. The first-order chi connectivity index (χ1) is 5.47. The van der Waals surface area contributed by atoms with Crippen LogP contribution in [0, 0.1) is 11.3 Å². The minimum Gasteiger partial charge on any atom is -0.481 e. The average Bonchev–Trinajstić information content (AvgIpc) is 1.97. The molecule has 0 aromatic rings. The number of allylic oxidation sites excluding steroid dienone is 3. The van der Waals surface area contributed by atoms with Crippen LogP contribution in [0.15, 0.2) is 22.7 Å². The third kappa shape index (κ3) is 1.46. The molecule has 2 unspecified atom stereocenters. The zero-order valence-electron chi connectivity index (χ0n) is 7.04. The van der Waals surface area contributed by atoms with E-state index in [0.717, 1.165) is 4.48 Å². The molecule has 1 N–H and O–H groups in total. The average molecular weight is 231 g/mol. The van der Waals surface area contributed by atoms with Crippen LogP contribution in [-0.4, -0.2) is 11.1 Å². The zero-order chi connectivity index (χ0) is 9.35. The summed E-state index contributed by atoms with van der Waals surface area (Å²) in [6, 6.07) is 0. The smallest absolute Gasteiger partial charge is 0.313 e. The van der Waals surface area contributed by atoms with Crippen LogP contribution in [0.2, 0.25) is 0 Å². The van der Waals surface area contributed by atoms with Gasteiger partial charge >= 0.3 is 5.97 Å². The van der Waals surface area contributed by atoms with Gasteiger partial charge < -0.3 is 5.11 Å². The molecule has 0 radical (unpaired) electrons. The van der Waals surface area contributed by atoms with Crippen molar-refractivity contribution in [3.63, 3.8) is 0 Å². The van der Waals surface area contributed by atoms with Crippen molar-refractivity contribution < 1.29 is 9.90 Å². The van der Waals surface area contributed by atoms with Gasteiger partial charge in [0.15, 0.2) is 0 Å². The van der Waals surface area contributed by atoms with E-state index in [1.165, 1.54) is 0 Å². The van der Waals surface area contributed by atoms with E-state index in [9.17, 15) is 4.79 Å². The number of carboxylic acid groups (broad SMARTS) is 1. The van der Waals surface area contributed by atoms with Crippen LogP contribution in [0.4, 0.5) is 0 Å². The molecule has 2 nitrogen and oxygen atoms in total. The number of halogens is 1. The summed E-state index contributed by atoms with van der Waals surface area (Å²) in [6.07, 6.45) is 5.42. The fourth-order valence-electron chi connectivity index (χ4n) is 1.14. The number of hydrogen-bond donors (Lipinski definition) is 1. The van der Waals surface area contributed by atoms with Crippen molar-refractivity contribution in [1.82, 2.24) is 0 Å². The number of hydrogen-bond acceptors (Lipinski definition) is 1. The third-order valence-electron chi connectivity index (χ3n) is 2.40. The first-order valence-corrected chi connectivity index (χ1v) is 4.56. The molecule has 0 spiro atoms. The van der Waals surface area contributed by atoms with E-state index in [0.29, 0.717) is 0 Å². The molecule has 12 heavy (non-hydrogen) atoms. The second kappa shape index (κ2) is 3.05. The van der Waals surface area contributed by atoms with Gasteiger partial charge in [-0.15, -0.1) is 0 Å². The third-order valence-corrected chi connectivity index (χ3v) is 2.93. The Bertz CT molecular complexity index is 268. The molecular formula is C9H11BrO2. The molecule has 0 saturated carbocycles. The fraction of sp³-hybridized carbons (Fsp3) is 0.444. The van der Waals surface area contributed by atoms with E-state index in [4.69, 9.17) is 5.11 Å². The van der Waals surface area contributed by atoms with E-state index in [1.54, 1.807) is 19.1 Å². The Morgan fingerprint density at radius 3 is 2.75 bits per heavy atom. The van der Waals surface area contributed by atoms with Crippen molar-refractivity contribution in [3.05, 3.63) is 22.7 Å². The minimum atomic E-state index is -0.775. The van der Waals surface area contributed by atoms with Gasteiger partial charge in [-0.3, -0.25) is 4.79 Å². The summed E-state index contributed by atoms with van der Waals surface area (Å²) in [7, 11) is 0. The summed E-state index contributed by atoms with van der Waals surface area (Å²) in [5.74, 6) is -0.753. The molecule has 0 aromatic carbocycles. The fourth-order valence-corrected chi connectivity index (χ4v) is 1.67. The van der Waals surface area contributed by atoms with Crippen molar-refractivity contribution in [2.45, 2.75) is 13.8 Å². The molecule has 1 aliphatic carbocycles. The maximum absolute atomic E-state index is 10.9. The van der Waals surface area contributed by atoms with Crippen molar-refractivity contribution in [3.8, 4) is 0 Å². The van der Waals surface area contributed by atoms with Crippen molar-refractivity contribution in [1.29, 1.82) is 0 Å². The Hall–Kier alpha value is -0.570. The maximum Gasteiger partial charge on any atom is 0.313 e. The molecule has 1 rings (SSSR count). The second-order valence-electron chi connectivity index (χ2n) is 3.26. The number of rotatable bonds is 1.